The van der Waals surface area contributed by atoms with Crippen LogP contribution in [0, 0.1) is 5.92 Å². The molecule has 2 heterocycles. The lowest BCUT2D eigenvalue weighted by Crippen LogP contribution is -2.39. The Kier molecular flexibility index (Phi) is 5.02. The zero-order valence-corrected chi connectivity index (χ0v) is 16.7. The maximum Gasteiger partial charge on any atom is 0.355 e. The molecule has 0 saturated carbocycles. The molecule has 29 heavy (non-hydrogen) atoms. The van der Waals surface area contributed by atoms with Crippen molar-refractivity contribution in [3.05, 3.63) is 58.6 Å². The van der Waals surface area contributed by atoms with Crippen molar-refractivity contribution in [1.82, 2.24) is 0 Å². The maximum absolute atomic E-state index is 13.3. The molecule has 7 nitrogen and oxygen atoms in total. The molecule has 2 aromatic carbocycles. The van der Waals surface area contributed by atoms with Gasteiger partial charge in [-0.05, 0) is 37.3 Å². The largest absolute Gasteiger partial charge is 0.461 e. The summed E-state index contributed by atoms with van der Waals surface area (Å²) in [6.07, 6.45) is 0. The van der Waals surface area contributed by atoms with Gasteiger partial charge in [0.25, 0.3) is 5.91 Å². The van der Waals surface area contributed by atoms with Crippen LogP contribution in [0.25, 0.3) is 0 Å². The van der Waals surface area contributed by atoms with Crippen LogP contribution in [0.15, 0.2) is 53.6 Å². The van der Waals surface area contributed by atoms with Gasteiger partial charge in [0, 0.05) is 5.02 Å². The zero-order valence-electron chi connectivity index (χ0n) is 15.2. The molecule has 2 aromatic rings. The maximum atomic E-state index is 13.3. The molecule has 2 aliphatic rings. The fourth-order valence-electron chi connectivity index (χ4n) is 3.49. The summed E-state index contributed by atoms with van der Waals surface area (Å²) in [4.78, 5) is 40.0. The van der Waals surface area contributed by atoms with Crippen molar-refractivity contribution in [3.8, 4) is 0 Å². The fraction of sp³-hybridized carbons (Fsp3) is 0.200. The van der Waals surface area contributed by atoms with E-state index in [1.807, 2.05) is 0 Å². The van der Waals surface area contributed by atoms with E-state index in [-0.39, 0.29) is 23.0 Å². The van der Waals surface area contributed by atoms with Crippen molar-refractivity contribution in [2.45, 2.75) is 13.0 Å². The summed E-state index contributed by atoms with van der Waals surface area (Å²) in [6.45, 7) is 1.76. The molecular weight excluding hydrogens is 417 g/mol. The van der Waals surface area contributed by atoms with Crippen molar-refractivity contribution in [2.24, 2.45) is 11.0 Å². The van der Waals surface area contributed by atoms with Gasteiger partial charge in [-0.3, -0.25) is 14.6 Å². The highest BCUT2D eigenvalue weighted by Gasteiger charge is 2.59. The standard InChI is InChI=1S/C20H15Cl2N3O4/c1-2-29-20(28)16-15-17(25(23-16)12-7-5-6-11(21)10-12)19(27)24(18(15)26)14-9-4-3-8-13(14)22/h3-10,15,17H,2H2,1H3/t15-,17-/m0/s1. The number of imide groups is 1. The van der Waals surface area contributed by atoms with E-state index in [4.69, 9.17) is 27.9 Å². The Morgan fingerprint density at radius 2 is 1.86 bits per heavy atom. The van der Waals surface area contributed by atoms with Gasteiger partial charge in [0.05, 0.1) is 23.0 Å². The Bertz CT molecular complexity index is 1060. The monoisotopic (exact) mass is 431 g/mol. The Hall–Kier alpha value is -2.90. The van der Waals surface area contributed by atoms with Gasteiger partial charge >= 0.3 is 5.97 Å². The van der Waals surface area contributed by atoms with Gasteiger partial charge in [0.15, 0.2) is 5.71 Å². The molecule has 1 saturated heterocycles. The van der Waals surface area contributed by atoms with Crippen LogP contribution in [0.5, 0.6) is 0 Å². The van der Waals surface area contributed by atoms with Gasteiger partial charge in [0.1, 0.15) is 12.0 Å². The van der Waals surface area contributed by atoms with Gasteiger partial charge in [-0.25, -0.2) is 9.69 Å². The van der Waals surface area contributed by atoms with Crippen LogP contribution in [0.3, 0.4) is 0 Å². The highest BCUT2D eigenvalue weighted by Crippen LogP contribution is 2.40. The predicted octanol–water partition coefficient (Wildman–Crippen LogP) is 3.29. The van der Waals surface area contributed by atoms with Crippen molar-refractivity contribution >= 4 is 58.1 Å². The van der Waals surface area contributed by atoms with Gasteiger partial charge in [-0.15, -0.1) is 0 Å². The minimum Gasteiger partial charge on any atom is -0.461 e. The number of fused-ring (bicyclic) bond motifs is 1. The van der Waals surface area contributed by atoms with Crippen molar-refractivity contribution in [1.29, 1.82) is 0 Å². The molecule has 4 rings (SSSR count). The average Bonchev–Trinajstić information content (AvgIpc) is 3.20. The normalized spacial score (nSPS) is 20.7. The topological polar surface area (TPSA) is 79.3 Å². The molecule has 0 aromatic heterocycles. The van der Waals surface area contributed by atoms with E-state index in [2.05, 4.69) is 5.10 Å². The summed E-state index contributed by atoms with van der Waals surface area (Å²) in [7, 11) is 0. The average molecular weight is 432 g/mol. The molecule has 0 aliphatic carbocycles. The lowest BCUT2D eigenvalue weighted by atomic mass is 9.98. The van der Waals surface area contributed by atoms with Crippen LogP contribution in [-0.4, -0.2) is 36.1 Å². The number of ether oxygens (including phenoxy) is 1. The number of amides is 2. The number of carbonyl (C=O) groups is 3. The molecular formula is C20H15Cl2N3O4. The minimum absolute atomic E-state index is 0.114. The lowest BCUT2D eigenvalue weighted by molar-refractivity contribution is -0.136. The molecule has 0 unspecified atom stereocenters. The third-order valence-electron chi connectivity index (χ3n) is 4.70. The first-order valence-corrected chi connectivity index (χ1v) is 9.62. The van der Waals surface area contributed by atoms with Crippen LogP contribution in [0.1, 0.15) is 6.92 Å². The van der Waals surface area contributed by atoms with Crippen LogP contribution >= 0.6 is 23.2 Å². The zero-order chi connectivity index (χ0) is 20.7. The molecule has 2 amide bonds. The van der Waals surface area contributed by atoms with Crippen LogP contribution < -0.4 is 9.91 Å². The summed E-state index contributed by atoms with van der Waals surface area (Å²) in [5, 5.41) is 6.29. The van der Waals surface area contributed by atoms with Gasteiger partial charge in [0.2, 0.25) is 5.91 Å². The van der Waals surface area contributed by atoms with Crippen LogP contribution in [0.4, 0.5) is 11.4 Å². The molecule has 2 aliphatic heterocycles. The Morgan fingerprint density at radius 1 is 1.10 bits per heavy atom. The number of carbonyl (C=O) groups excluding carboxylic acids is 3. The van der Waals surface area contributed by atoms with Gasteiger partial charge in [-0.2, -0.15) is 5.10 Å². The summed E-state index contributed by atoms with van der Waals surface area (Å²) in [5.41, 5.74) is 0.617. The quantitative estimate of drug-likeness (QED) is 0.547. The summed E-state index contributed by atoms with van der Waals surface area (Å²) < 4.78 is 5.06. The third-order valence-corrected chi connectivity index (χ3v) is 5.25. The second-order valence-corrected chi connectivity index (χ2v) is 7.26. The SMILES string of the molecule is CCOC(=O)C1=NN(c2cccc(Cl)c2)[C@@H]2C(=O)N(c3ccccc3Cl)C(=O)[C@@H]12. The number of hydrogen-bond acceptors (Lipinski definition) is 6. The van der Waals surface area contributed by atoms with E-state index < -0.39 is 29.7 Å². The second-order valence-electron chi connectivity index (χ2n) is 6.42. The van der Waals surface area contributed by atoms with Crippen molar-refractivity contribution in [2.75, 3.05) is 16.5 Å². The molecule has 0 radical (unpaired) electrons. The Labute approximate surface area is 176 Å². The number of rotatable bonds is 4. The summed E-state index contributed by atoms with van der Waals surface area (Å²) in [5.74, 6) is -2.95. The first-order chi connectivity index (χ1) is 13.9. The van der Waals surface area contributed by atoms with E-state index in [0.717, 1.165) is 4.90 Å². The second kappa shape index (κ2) is 7.50. The molecule has 2 atom stereocenters. The summed E-state index contributed by atoms with van der Waals surface area (Å²) >= 11 is 12.3. The van der Waals surface area contributed by atoms with E-state index in [0.29, 0.717) is 10.7 Å². The molecule has 0 spiro atoms. The third kappa shape index (κ3) is 3.16. The van der Waals surface area contributed by atoms with E-state index in [9.17, 15) is 14.4 Å². The highest BCUT2D eigenvalue weighted by atomic mass is 35.5. The number of para-hydroxylation sites is 1. The minimum atomic E-state index is -1.10. The Morgan fingerprint density at radius 3 is 2.55 bits per heavy atom. The molecule has 0 N–H and O–H groups in total. The molecule has 148 valence electrons. The van der Waals surface area contributed by atoms with E-state index in [1.54, 1.807) is 55.5 Å². The number of nitrogens with zero attached hydrogens (tertiary/aromatic N) is 3. The molecule has 0 bridgehead atoms. The van der Waals surface area contributed by atoms with Crippen molar-refractivity contribution in [3.63, 3.8) is 0 Å². The summed E-state index contributed by atoms with van der Waals surface area (Å²) in [6, 6.07) is 12.2. The fourth-order valence-corrected chi connectivity index (χ4v) is 3.90. The first-order valence-electron chi connectivity index (χ1n) is 8.86. The van der Waals surface area contributed by atoms with E-state index >= 15 is 0 Å². The number of halogens is 2. The number of benzene rings is 2. The Balaban J connectivity index is 1.82. The number of hydrogen-bond donors (Lipinski definition) is 0. The highest BCUT2D eigenvalue weighted by molar-refractivity contribution is 6.48. The van der Waals surface area contributed by atoms with Crippen LogP contribution in [0.2, 0.25) is 10.0 Å². The number of hydrazone groups is 1. The van der Waals surface area contributed by atoms with Gasteiger partial charge in [-0.1, -0.05) is 41.4 Å². The number of anilines is 2. The molecule has 9 heteroatoms. The predicted molar refractivity (Wildman–Crippen MR) is 109 cm³/mol. The van der Waals surface area contributed by atoms with E-state index in [1.165, 1.54) is 5.01 Å². The smallest absolute Gasteiger partial charge is 0.355 e. The van der Waals surface area contributed by atoms with Gasteiger partial charge < -0.3 is 4.74 Å². The lowest BCUT2D eigenvalue weighted by Gasteiger charge is -2.22. The molecule has 1 fully saturated rings. The van der Waals surface area contributed by atoms with Crippen molar-refractivity contribution < 1.29 is 19.1 Å². The first kappa shape index (κ1) is 19.4. The number of esters is 1. The van der Waals surface area contributed by atoms with Crippen LogP contribution in [-0.2, 0) is 19.1 Å².